The summed E-state index contributed by atoms with van der Waals surface area (Å²) in [6.45, 7) is 1.42. The number of carboxylic acids is 3. The molecule has 2 bridgehead atoms. The van der Waals surface area contributed by atoms with E-state index < -0.39 is 102 Å². The first kappa shape index (κ1) is 38.9. The number of hydrogen-bond donors (Lipinski definition) is 6. The smallest absolute Gasteiger partial charge is 0.348 e. The van der Waals surface area contributed by atoms with Crippen molar-refractivity contribution in [2.75, 3.05) is 20.7 Å². The number of piperidine rings is 1. The Morgan fingerprint density at radius 1 is 0.925 bits per heavy atom. The van der Waals surface area contributed by atoms with E-state index in [1.165, 1.54) is 13.2 Å². The third-order valence-electron chi connectivity index (χ3n) is 9.98. The Labute approximate surface area is 299 Å². The first-order chi connectivity index (χ1) is 24.9. The predicted molar refractivity (Wildman–Crippen MR) is 167 cm³/mol. The van der Waals surface area contributed by atoms with Crippen LogP contribution >= 0.6 is 0 Å². The van der Waals surface area contributed by atoms with Crippen molar-refractivity contribution in [3.05, 3.63) is 35.1 Å². The molecule has 1 saturated heterocycles. The number of hydrogen-bond acceptors (Lipinski definition) is 17. The minimum atomic E-state index is -2.76. The zero-order valence-electron chi connectivity index (χ0n) is 28.5. The second-order valence-electron chi connectivity index (χ2n) is 13.1. The number of esters is 4. The fraction of sp³-hybridized carbons (Fsp3) is 0.545. The summed E-state index contributed by atoms with van der Waals surface area (Å²) < 4.78 is 31.9. The average Bonchev–Trinajstić information content (AvgIpc) is 3.45. The number of likely N-dealkylation sites (tertiary alicyclic amines) is 1. The van der Waals surface area contributed by atoms with E-state index in [1.807, 2.05) is 18.0 Å². The molecule has 2 aliphatic heterocycles. The van der Waals surface area contributed by atoms with Gasteiger partial charge in [0.2, 0.25) is 12.2 Å². The maximum absolute atomic E-state index is 13.5. The number of carbonyl (C=O) groups excluding carboxylic acids is 4. The lowest BCUT2D eigenvalue weighted by Gasteiger charge is -2.61. The van der Waals surface area contributed by atoms with E-state index in [0.29, 0.717) is 36.4 Å². The monoisotopic (exact) mass is 751 g/mol. The van der Waals surface area contributed by atoms with Gasteiger partial charge >= 0.3 is 41.8 Å². The van der Waals surface area contributed by atoms with Crippen molar-refractivity contribution in [3.63, 3.8) is 0 Å². The summed E-state index contributed by atoms with van der Waals surface area (Å²) in [5.41, 5.74) is -0.855. The molecule has 53 heavy (non-hydrogen) atoms. The van der Waals surface area contributed by atoms with Gasteiger partial charge in [0.15, 0.2) is 35.9 Å². The highest BCUT2D eigenvalue weighted by Gasteiger charge is 2.72. The number of aliphatic hydroxyl groups is 3. The van der Waals surface area contributed by atoms with Crippen LogP contribution in [0.1, 0.15) is 43.7 Å². The highest BCUT2D eigenvalue weighted by molar-refractivity contribution is 5.90. The number of likely N-dealkylation sites (N-methyl/N-ethyl adjacent to an activating group) is 1. The van der Waals surface area contributed by atoms with Gasteiger partial charge in [-0.15, -0.1) is 0 Å². The second-order valence-corrected chi connectivity index (χ2v) is 13.1. The van der Waals surface area contributed by atoms with Gasteiger partial charge < -0.3 is 64.0 Å². The molecule has 2 aliphatic carbocycles. The zero-order valence-corrected chi connectivity index (χ0v) is 28.5. The first-order valence-corrected chi connectivity index (χ1v) is 16.2. The van der Waals surface area contributed by atoms with Crippen molar-refractivity contribution in [3.8, 4) is 11.5 Å². The van der Waals surface area contributed by atoms with Crippen LogP contribution in [-0.2, 0) is 64.3 Å². The van der Waals surface area contributed by atoms with E-state index in [0.717, 1.165) is 12.5 Å². The molecule has 0 aromatic heterocycles. The Bertz CT molecular complexity index is 1760. The summed E-state index contributed by atoms with van der Waals surface area (Å²) in [6.07, 6.45) is -13.1. The Hall–Kier alpha value is -5.31. The molecule has 0 unspecified atom stereocenters. The molecule has 1 fully saturated rings. The standard InChI is InChI=1S/C33H37NO19/c1-13(29(44)51-17(27(40)41)11-20(35)36)49-30(45)18(52-31(46)24(39)23(38)28(42)43)12-21(37)50-16-6-7-33(47)19-10-14-4-5-15(48-3)25-22(14)32(33,26(16)53-25)8-9-34(19)2/h4-6,13,17-19,23-24,26,38-39,47H,7-12H2,1-3H3,(H,35,36)(H,40,41)(H,42,43)/t13-,17-,18-,19-,23+,24+,26+,32+,33-/m0/s1. The Kier molecular flexibility index (Phi) is 10.7. The van der Waals surface area contributed by atoms with Crippen LogP contribution in [-0.4, -0.2) is 146 Å². The molecule has 20 nitrogen and oxygen atoms in total. The number of aliphatic hydroxyl groups excluding tert-OH is 2. The van der Waals surface area contributed by atoms with Gasteiger partial charge in [-0.2, -0.15) is 0 Å². The van der Waals surface area contributed by atoms with E-state index in [9.17, 15) is 48.9 Å². The van der Waals surface area contributed by atoms with Crippen molar-refractivity contribution in [1.82, 2.24) is 4.90 Å². The van der Waals surface area contributed by atoms with Crippen molar-refractivity contribution in [2.24, 2.45) is 0 Å². The van der Waals surface area contributed by atoms with Gasteiger partial charge in [-0.25, -0.2) is 24.0 Å². The lowest BCUT2D eigenvalue weighted by Crippen LogP contribution is -2.74. The van der Waals surface area contributed by atoms with Crippen LogP contribution in [0.5, 0.6) is 11.5 Å². The number of benzene rings is 1. The summed E-state index contributed by atoms with van der Waals surface area (Å²) >= 11 is 0. The molecule has 5 rings (SSSR count). The number of carboxylic acid groups (broad SMARTS) is 3. The van der Waals surface area contributed by atoms with E-state index in [2.05, 4.69) is 4.74 Å². The topological polar surface area (TPSA) is 299 Å². The number of rotatable bonds is 15. The van der Waals surface area contributed by atoms with Gasteiger partial charge in [0.1, 0.15) is 5.76 Å². The van der Waals surface area contributed by atoms with Gasteiger partial charge in [-0.1, -0.05) is 6.07 Å². The third-order valence-corrected chi connectivity index (χ3v) is 9.98. The molecule has 1 spiro atoms. The Balaban J connectivity index is 1.38. The summed E-state index contributed by atoms with van der Waals surface area (Å²) in [5, 5.41) is 58.9. The predicted octanol–water partition coefficient (Wildman–Crippen LogP) is -1.97. The van der Waals surface area contributed by atoms with Crippen LogP contribution in [0.15, 0.2) is 24.0 Å². The first-order valence-electron chi connectivity index (χ1n) is 16.2. The van der Waals surface area contributed by atoms with Gasteiger partial charge in [0.05, 0.1) is 31.0 Å². The van der Waals surface area contributed by atoms with Crippen LogP contribution < -0.4 is 9.47 Å². The van der Waals surface area contributed by atoms with Crippen LogP contribution in [0.4, 0.5) is 0 Å². The van der Waals surface area contributed by atoms with Gasteiger partial charge in [-0.05, 0) is 51.1 Å². The molecule has 1 aromatic rings. The molecule has 9 atom stereocenters. The molecule has 2 heterocycles. The molecule has 1 aromatic carbocycles. The largest absolute Gasteiger partial charge is 0.493 e. The van der Waals surface area contributed by atoms with Crippen LogP contribution in [0.3, 0.4) is 0 Å². The fourth-order valence-corrected chi connectivity index (χ4v) is 7.43. The number of nitrogens with zero attached hydrogens (tertiary/aromatic N) is 1. The number of carbonyl (C=O) groups is 7. The highest BCUT2D eigenvalue weighted by Crippen LogP contribution is 2.65. The van der Waals surface area contributed by atoms with Gasteiger partial charge in [0, 0.05) is 18.0 Å². The number of methoxy groups -OCH3 is 1. The molecule has 0 saturated carbocycles. The Morgan fingerprint density at radius 2 is 1.60 bits per heavy atom. The molecular formula is C33H37NO19. The van der Waals surface area contributed by atoms with E-state index >= 15 is 0 Å². The molecule has 288 valence electrons. The summed E-state index contributed by atoms with van der Waals surface area (Å²) in [5.74, 6) is -11.2. The lowest BCUT2D eigenvalue weighted by molar-refractivity contribution is -0.189. The van der Waals surface area contributed by atoms with E-state index in [4.69, 9.17) is 39.0 Å². The molecule has 20 heteroatoms. The van der Waals surface area contributed by atoms with Crippen molar-refractivity contribution in [1.29, 1.82) is 0 Å². The van der Waals surface area contributed by atoms with Gasteiger partial charge in [0.25, 0.3) is 0 Å². The number of aliphatic carboxylic acids is 3. The summed E-state index contributed by atoms with van der Waals surface area (Å²) in [7, 11) is 3.33. The molecular weight excluding hydrogens is 714 g/mol. The maximum Gasteiger partial charge on any atom is 0.348 e. The minimum Gasteiger partial charge on any atom is -0.493 e. The number of ether oxygens (including phenoxy) is 6. The Morgan fingerprint density at radius 3 is 2.23 bits per heavy atom. The van der Waals surface area contributed by atoms with Crippen molar-refractivity contribution < 1.29 is 92.6 Å². The average molecular weight is 752 g/mol. The lowest BCUT2D eigenvalue weighted by atomic mass is 9.50. The molecule has 0 amide bonds. The van der Waals surface area contributed by atoms with Crippen LogP contribution in [0.2, 0.25) is 0 Å². The van der Waals surface area contributed by atoms with Gasteiger partial charge in [-0.3, -0.25) is 9.59 Å². The van der Waals surface area contributed by atoms with Crippen LogP contribution in [0.25, 0.3) is 0 Å². The van der Waals surface area contributed by atoms with Crippen molar-refractivity contribution >= 4 is 41.8 Å². The van der Waals surface area contributed by atoms with E-state index in [-0.39, 0.29) is 18.2 Å². The molecule has 6 N–H and O–H groups in total. The second kappa shape index (κ2) is 14.6. The molecule has 0 radical (unpaired) electrons. The summed E-state index contributed by atoms with van der Waals surface area (Å²) in [4.78, 5) is 87.1. The summed E-state index contributed by atoms with van der Waals surface area (Å²) in [6, 6.07) is 3.27. The zero-order chi connectivity index (χ0) is 39.2. The highest BCUT2D eigenvalue weighted by atomic mass is 16.6. The quantitative estimate of drug-likeness (QED) is 0.0836. The maximum atomic E-state index is 13.5. The molecule has 4 aliphatic rings. The fourth-order valence-electron chi connectivity index (χ4n) is 7.43. The normalized spacial score (nSPS) is 26.5. The van der Waals surface area contributed by atoms with Crippen molar-refractivity contribution in [2.45, 2.75) is 92.7 Å². The SMILES string of the molecule is COc1ccc2c3c1O[C@@H]1C(OC(=O)C[C@H](OC(=O)[C@H](O)[C@@H](O)C(=O)O)C(=O)O[C@@H](C)C(=O)O[C@@H](CC(=O)O)C(=O)O)=CC[C@]4(O)[C@H](C2)N(C)CC[C@@]314. The van der Waals surface area contributed by atoms with Crippen LogP contribution in [0, 0.1) is 0 Å². The third kappa shape index (κ3) is 6.85. The van der Waals surface area contributed by atoms with E-state index in [1.54, 1.807) is 6.07 Å². The minimum absolute atomic E-state index is 0.0130.